The summed E-state index contributed by atoms with van der Waals surface area (Å²) in [4.78, 5) is 23.3. The second-order valence-electron chi connectivity index (χ2n) is 7.21. The number of amides is 2. The van der Waals surface area contributed by atoms with E-state index in [4.69, 9.17) is 0 Å². The first-order chi connectivity index (χ1) is 12.2. The molecule has 0 saturated carbocycles. The molecule has 5 heteroatoms. The summed E-state index contributed by atoms with van der Waals surface area (Å²) in [6.45, 7) is 12.1. The van der Waals surface area contributed by atoms with Gasteiger partial charge in [0, 0.05) is 11.6 Å². The Bertz CT molecular complexity index is 822. The van der Waals surface area contributed by atoms with Gasteiger partial charge in [-0.3, -0.25) is 9.59 Å². The zero-order valence-electron chi connectivity index (χ0n) is 16.3. The van der Waals surface area contributed by atoms with Crippen molar-refractivity contribution in [1.82, 2.24) is 10.7 Å². The number of carbonyl (C=O) groups is 2. The first-order valence-corrected chi connectivity index (χ1v) is 8.88. The monoisotopic (exact) mass is 353 g/mol. The normalized spacial score (nSPS) is 11.5. The third kappa shape index (κ3) is 4.48. The molecule has 2 rings (SSSR count). The predicted molar refractivity (Wildman–Crippen MR) is 106 cm³/mol. The highest BCUT2D eigenvalue weighted by atomic mass is 16.2. The summed E-state index contributed by atoms with van der Waals surface area (Å²) < 4.78 is 0. The van der Waals surface area contributed by atoms with Gasteiger partial charge in [0.2, 0.25) is 0 Å². The number of carbonyl (C=O) groups excluding carboxylic acids is 2. The fourth-order valence-corrected chi connectivity index (χ4v) is 2.88. The quantitative estimate of drug-likeness (QED) is 0.502. The minimum absolute atomic E-state index is 0.100. The topological polar surface area (TPSA) is 70.6 Å². The van der Waals surface area contributed by atoms with Crippen molar-refractivity contribution in [2.75, 3.05) is 0 Å². The van der Waals surface area contributed by atoms with Crippen molar-refractivity contribution >= 4 is 18.0 Å². The van der Waals surface area contributed by atoms with Crippen LogP contribution in [-0.4, -0.2) is 24.1 Å². The van der Waals surface area contributed by atoms with E-state index in [0.29, 0.717) is 5.92 Å². The Balaban J connectivity index is 2.27. The SMILES string of the molecule is Cc1cc(/C=N\NC(=O)C(=O)NC(C)C)c2c(C)ccc(C(C)C)cc1-2. The second-order valence-corrected chi connectivity index (χ2v) is 7.21. The Morgan fingerprint density at radius 1 is 1.00 bits per heavy atom. The lowest BCUT2D eigenvalue weighted by atomic mass is 10.0. The molecule has 0 aromatic carbocycles. The largest absolute Gasteiger partial charge is 0.346 e. The molecule has 2 amide bonds. The minimum atomic E-state index is -0.771. The molecule has 0 aromatic heterocycles. The fraction of sp³-hybridized carbons (Fsp3) is 0.381. The summed E-state index contributed by atoms with van der Waals surface area (Å²) in [6.07, 6.45) is 1.60. The molecule has 0 aliphatic heterocycles. The van der Waals surface area contributed by atoms with Crippen LogP contribution in [0, 0.1) is 13.8 Å². The van der Waals surface area contributed by atoms with Crippen molar-refractivity contribution in [3.05, 3.63) is 46.5 Å². The maximum Gasteiger partial charge on any atom is 0.329 e. The molecule has 0 saturated heterocycles. The number of aryl methyl sites for hydroxylation is 2. The van der Waals surface area contributed by atoms with Crippen LogP contribution in [0.15, 0.2) is 29.4 Å². The number of rotatable bonds is 4. The molecule has 0 heterocycles. The van der Waals surface area contributed by atoms with Crippen LogP contribution in [0.1, 0.15) is 55.9 Å². The highest BCUT2D eigenvalue weighted by Crippen LogP contribution is 2.35. The third-order valence-electron chi connectivity index (χ3n) is 4.25. The second kappa shape index (κ2) is 8.13. The van der Waals surface area contributed by atoms with Crippen molar-refractivity contribution in [2.45, 2.75) is 53.5 Å². The summed E-state index contributed by atoms with van der Waals surface area (Å²) in [5.74, 6) is -1.02. The number of fused-ring (bicyclic) bond motifs is 1. The Morgan fingerprint density at radius 3 is 2.31 bits per heavy atom. The highest BCUT2D eigenvalue weighted by Gasteiger charge is 2.16. The van der Waals surface area contributed by atoms with Crippen molar-refractivity contribution in [2.24, 2.45) is 5.10 Å². The number of nitrogens with one attached hydrogen (secondary N) is 2. The van der Waals surface area contributed by atoms with Gasteiger partial charge in [0.25, 0.3) is 0 Å². The molecule has 0 atom stereocenters. The van der Waals surface area contributed by atoms with Crippen molar-refractivity contribution < 1.29 is 9.59 Å². The van der Waals surface area contributed by atoms with Gasteiger partial charge in [-0.2, -0.15) is 5.10 Å². The van der Waals surface area contributed by atoms with Gasteiger partial charge in [0.05, 0.1) is 6.21 Å². The van der Waals surface area contributed by atoms with E-state index < -0.39 is 11.8 Å². The zero-order chi connectivity index (χ0) is 19.4. The Hall–Kier alpha value is -2.69. The van der Waals surface area contributed by atoms with Crippen LogP contribution in [0.25, 0.3) is 11.1 Å². The van der Waals surface area contributed by atoms with E-state index in [1.54, 1.807) is 20.1 Å². The minimum Gasteiger partial charge on any atom is -0.346 e. The van der Waals surface area contributed by atoms with E-state index in [1.807, 2.05) is 6.07 Å². The van der Waals surface area contributed by atoms with Crippen molar-refractivity contribution in [3.8, 4) is 11.1 Å². The first kappa shape index (κ1) is 19.6. The first-order valence-electron chi connectivity index (χ1n) is 8.88. The predicted octanol–water partition coefficient (Wildman–Crippen LogP) is 3.51. The van der Waals surface area contributed by atoms with Gasteiger partial charge >= 0.3 is 11.8 Å². The summed E-state index contributed by atoms with van der Waals surface area (Å²) in [7, 11) is 0. The number of hydrogen-bond donors (Lipinski definition) is 2. The molecule has 0 bridgehead atoms. The number of hydrogen-bond acceptors (Lipinski definition) is 3. The van der Waals surface area contributed by atoms with Crippen molar-refractivity contribution in [1.29, 1.82) is 0 Å². The van der Waals surface area contributed by atoms with Gasteiger partial charge in [-0.25, -0.2) is 5.43 Å². The summed E-state index contributed by atoms with van der Waals surface area (Å²) in [6, 6.07) is 8.43. The molecule has 0 aromatic rings. The van der Waals surface area contributed by atoms with E-state index in [9.17, 15) is 9.59 Å². The van der Waals surface area contributed by atoms with E-state index >= 15 is 0 Å². The molecule has 2 aliphatic rings. The van der Waals surface area contributed by atoms with Gasteiger partial charge in [-0.1, -0.05) is 32.0 Å². The van der Waals surface area contributed by atoms with E-state index in [2.05, 4.69) is 61.7 Å². The molecule has 2 N–H and O–H groups in total. The summed E-state index contributed by atoms with van der Waals surface area (Å²) >= 11 is 0. The average molecular weight is 353 g/mol. The Morgan fingerprint density at radius 2 is 1.69 bits per heavy atom. The molecule has 26 heavy (non-hydrogen) atoms. The van der Waals surface area contributed by atoms with Gasteiger partial charge in [0.15, 0.2) is 0 Å². The van der Waals surface area contributed by atoms with E-state index in [-0.39, 0.29) is 6.04 Å². The van der Waals surface area contributed by atoms with Crippen LogP contribution >= 0.6 is 0 Å². The smallest absolute Gasteiger partial charge is 0.329 e. The maximum absolute atomic E-state index is 11.7. The Kier molecular flexibility index (Phi) is 6.14. The summed E-state index contributed by atoms with van der Waals surface area (Å²) in [5, 5.41) is 6.50. The van der Waals surface area contributed by atoms with E-state index in [0.717, 1.165) is 22.3 Å². The van der Waals surface area contributed by atoms with Crippen LogP contribution in [0.5, 0.6) is 0 Å². The highest BCUT2D eigenvalue weighted by molar-refractivity contribution is 6.35. The third-order valence-corrected chi connectivity index (χ3v) is 4.25. The lowest BCUT2D eigenvalue weighted by Gasteiger charge is -2.06. The van der Waals surface area contributed by atoms with Gasteiger partial charge in [-0.05, 0) is 67.5 Å². The standard InChI is InChI=1S/C21H27N3O2/c1-12(2)16-8-7-14(5)19-17(9-15(6)18(19)10-16)11-22-24-21(26)20(25)23-13(3)4/h7-13H,1-6H3,(H,23,25)(H,24,26)/b22-11-. The lowest BCUT2D eigenvalue weighted by Crippen LogP contribution is -2.41. The molecular weight excluding hydrogens is 326 g/mol. The van der Waals surface area contributed by atoms with Crippen LogP contribution < -0.4 is 10.7 Å². The molecular formula is C21H27N3O2. The van der Waals surface area contributed by atoms with Gasteiger partial charge < -0.3 is 5.32 Å². The van der Waals surface area contributed by atoms with Crippen molar-refractivity contribution in [3.63, 3.8) is 0 Å². The molecule has 5 nitrogen and oxygen atoms in total. The lowest BCUT2D eigenvalue weighted by molar-refractivity contribution is -0.139. The average Bonchev–Trinajstić information content (AvgIpc) is 2.73. The van der Waals surface area contributed by atoms with Gasteiger partial charge in [0.1, 0.15) is 0 Å². The Labute approximate surface area is 155 Å². The van der Waals surface area contributed by atoms with Crippen LogP contribution in [0.3, 0.4) is 0 Å². The molecule has 0 spiro atoms. The number of nitrogens with zero attached hydrogens (tertiary/aromatic N) is 1. The van der Waals surface area contributed by atoms with Crippen LogP contribution in [-0.2, 0) is 9.59 Å². The van der Waals surface area contributed by atoms with Gasteiger partial charge in [-0.15, -0.1) is 0 Å². The molecule has 0 fully saturated rings. The molecule has 0 unspecified atom stereocenters. The molecule has 2 aliphatic carbocycles. The maximum atomic E-state index is 11.7. The zero-order valence-corrected chi connectivity index (χ0v) is 16.3. The molecule has 138 valence electrons. The number of hydrazone groups is 1. The fourth-order valence-electron chi connectivity index (χ4n) is 2.88. The summed E-state index contributed by atoms with van der Waals surface area (Å²) in [5.41, 5.74) is 9.08. The van der Waals surface area contributed by atoms with Crippen LogP contribution in [0.4, 0.5) is 0 Å². The van der Waals surface area contributed by atoms with Crippen LogP contribution in [0.2, 0.25) is 0 Å². The van der Waals surface area contributed by atoms with E-state index in [1.165, 1.54) is 11.1 Å². The molecule has 0 radical (unpaired) electrons.